The van der Waals surface area contributed by atoms with Crippen molar-refractivity contribution in [1.29, 1.82) is 0 Å². The molecule has 0 aliphatic carbocycles. The highest BCUT2D eigenvalue weighted by atomic mass is 127. The van der Waals surface area contributed by atoms with Crippen LogP contribution in [-0.4, -0.2) is 28.8 Å². The third-order valence-corrected chi connectivity index (χ3v) is 4.53. The first-order chi connectivity index (χ1) is 13.7. The Morgan fingerprint density at radius 2 is 1.83 bits per heavy atom. The molecule has 1 aromatic carbocycles. The third-order valence-electron chi connectivity index (χ3n) is 4.53. The predicted octanol–water partition coefficient (Wildman–Crippen LogP) is 3.71. The Hall–Kier alpha value is -2.29. The fourth-order valence-electron chi connectivity index (χ4n) is 3.08. The summed E-state index contributed by atoms with van der Waals surface area (Å²) in [4.78, 5) is 4.78. The van der Waals surface area contributed by atoms with Crippen molar-refractivity contribution in [2.45, 2.75) is 32.7 Å². The van der Waals surface area contributed by atoms with Crippen LogP contribution in [0.25, 0.3) is 0 Å². The number of aromatic nitrogens is 2. The largest absolute Gasteiger partial charge is 0.469 e. The van der Waals surface area contributed by atoms with Crippen molar-refractivity contribution in [3.05, 3.63) is 77.5 Å². The molecule has 3 rings (SSSR count). The summed E-state index contributed by atoms with van der Waals surface area (Å²) in [6.45, 7) is 4.32. The molecule has 3 aromatic rings. The van der Waals surface area contributed by atoms with Crippen LogP contribution < -0.4 is 10.6 Å². The molecule has 0 unspecified atom stereocenters. The van der Waals surface area contributed by atoms with E-state index in [-0.39, 0.29) is 24.0 Å². The summed E-state index contributed by atoms with van der Waals surface area (Å²) in [5, 5.41) is 11.4. The van der Waals surface area contributed by atoms with Crippen molar-refractivity contribution >= 4 is 29.9 Å². The molecule has 0 aliphatic heterocycles. The number of hydrogen-bond donors (Lipinski definition) is 2. The quantitative estimate of drug-likeness (QED) is 0.263. The molecule has 2 heterocycles. The van der Waals surface area contributed by atoms with Gasteiger partial charge in [0.15, 0.2) is 5.96 Å². The van der Waals surface area contributed by atoms with Crippen LogP contribution in [0.1, 0.15) is 29.5 Å². The molecule has 7 heteroatoms. The van der Waals surface area contributed by atoms with Gasteiger partial charge in [-0.3, -0.25) is 4.68 Å². The molecule has 0 radical (unpaired) electrons. The highest BCUT2D eigenvalue weighted by Crippen LogP contribution is 2.08. The summed E-state index contributed by atoms with van der Waals surface area (Å²) < 4.78 is 7.26. The van der Waals surface area contributed by atoms with Crippen LogP contribution in [-0.2, 0) is 32.9 Å². The summed E-state index contributed by atoms with van der Waals surface area (Å²) >= 11 is 0. The number of nitrogens with one attached hydrogen (secondary N) is 2. The van der Waals surface area contributed by atoms with E-state index in [9.17, 15) is 0 Å². The van der Waals surface area contributed by atoms with Crippen molar-refractivity contribution in [2.75, 3.05) is 13.1 Å². The van der Waals surface area contributed by atoms with Gasteiger partial charge in [0.2, 0.25) is 0 Å². The van der Waals surface area contributed by atoms with Gasteiger partial charge >= 0.3 is 0 Å². The second kappa shape index (κ2) is 12.3. The average molecular weight is 507 g/mol. The second-order valence-electron chi connectivity index (χ2n) is 6.71. The minimum Gasteiger partial charge on any atom is -0.469 e. The lowest BCUT2D eigenvalue weighted by Gasteiger charge is -2.12. The zero-order chi connectivity index (χ0) is 19.6. The molecule has 6 nitrogen and oxygen atoms in total. The highest BCUT2D eigenvalue weighted by Gasteiger charge is 2.06. The van der Waals surface area contributed by atoms with Gasteiger partial charge in [0, 0.05) is 38.3 Å². The summed E-state index contributed by atoms with van der Waals surface area (Å²) in [6.07, 6.45) is 6.44. The van der Waals surface area contributed by atoms with Crippen molar-refractivity contribution in [2.24, 2.45) is 12.0 Å². The maximum Gasteiger partial charge on any atom is 0.191 e. The number of benzene rings is 1. The van der Waals surface area contributed by atoms with Crippen molar-refractivity contribution in [3.8, 4) is 0 Å². The lowest BCUT2D eigenvalue weighted by atomic mass is 10.1. The molecule has 0 atom stereocenters. The number of rotatable bonds is 9. The number of halogens is 1. The zero-order valence-corrected chi connectivity index (χ0v) is 19.4. The summed E-state index contributed by atoms with van der Waals surface area (Å²) in [5.74, 6) is 1.78. The molecule has 0 bridgehead atoms. The third kappa shape index (κ3) is 7.56. The summed E-state index contributed by atoms with van der Waals surface area (Å²) in [7, 11) is 1.95. The monoisotopic (exact) mass is 507 g/mol. The van der Waals surface area contributed by atoms with Gasteiger partial charge in [0.1, 0.15) is 5.76 Å². The molecule has 29 heavy (non-hydrogen) atoms. The first kappa shape index (κ1) is 23.0. The van der Waals surface area contributed by atoms with E-state index in [0.717, 1.165) is 49.8 Å². The van der Waals surface area contributed by atoms with Gasteiger partial charge in [0.25, 0.3) is 0 Å². The lowest BCUT2D eigenvalue weighted by Crippen LogP contribution is -2.39. The lowest BCUT2D eigenvalue weighted by molar-refractivity contribution is 0.506. The van der Waals surface area contributed by atoms with Crippen molar-refractivity contribution in [1.82, 2.24) is 20.4 Å². The molecule has 0 fully saturated rings. The van der Waals surface area contributed by atoms with Crippen LogP contribution in [0.15, 0.2) is 64.3 Å². The Bertz CT molecular complexity index is 859. The Morgan fingerprint density at radius 1 is 1.07 bits per heavy atom. The first-order valence-corrected chi connectivity index (χ1v) is 9.84. The molecule has 0 aliphatic rings. The maximum atomic E-state index is 5.41. The van der Waals surface area contributed by atoms with E-state index in [2.05, 4.69) is 46.9 Å². The van der Waals surface area contributed by atoms with Crippen molar-refractivity contribution < 1.29 is 4.42 Å². The zero-order valence-electron chi connectivity index (χ0n) is 17.1. The fraction of sp³-hybridized carbons (Fsp3) is 0.364. The van der Waals surface area contributed by atoms with Crippen LogP contribution in [0.5, 0.6) is 0 Å². The van der Waals surface area contributed by atoms with Gasteiger partial charge in [-0.15, -0.1) is 24.0 Å². The van der Waals surface area contributed by atoms with E-state index in [1.807, 2.05) is 36.1 Å². The Morgan fingerprint density at radius 3 is 2.52 bits per heavy atom. The van der Waals surface area contributed by atoms with Crippen molar-refractivity contribution in [3.63, 3.8) is 0 Å². The van der Waals surface area contributed by atoms with Gasteiger partial charge in [-0.05, 0) is 30.5 Å². The first-order valence-electron chi connectivity index (χ1n) is 9.84. The van der Waals surface area contributed by atoms with Gasteiger partial charge in [-0.1, -0.05) is 37.3 Å². The minimum atomic E-state index is 0. The molecule has 0 saturated carbocycles. The Labute approximate surface area is 189 Å². The van der Waals surface area contributed by atoms with Crippen LogP contribution in [0.3, 0.4) is 0 Å². The number of guanidine groups is 1. The molecule has 0 saturated heterocycles. The SMILES string of the molecule is CCc1nn(C)cc1CN=C(NCCc1ccccc1)NCCc1ccco1.I. The van der Waals surface area contributed by atoms with E-state index in [4.69, 9.17) is 9.41 Å². The fourth-order valence-corrected chi connectivity index (χ4v) is 3.08. The van der Waals surface area contributed by atoms with Crippen LogP contribution in [0, 0.1) is 0 Å². The highest BCUT2D eigenvalue weighted by molar-refractivity contribution is 14.0. The maximum absolute atomic E-state index is 5.41. The molecule has 0 spiro atoms. The predicted molar refractivity (Wildman–Crippen MR) is 128 cm³/mol. The standard InChI is InChI=1S/C22H29N5O.HI/c1-3-21-19(17-27(2)26-21)16-25-22(24-14-12-20-10-7-15-28-20)23-13-11-18-8-5-4-6-9-18;/h4-10,15,17H,3,11-14,16H2,1-2H3,(H2,23,24,25);1H. The van der Waals surface area contributed by atoms with E-state index in [1.165, 1.54) is 11.1 Å². The molecular formula is C22H30IN5O. The smallest absolute Gasteiger partial charge is 0.191 e. The average Bonchev–Trinajstić information content (AvgIpc) is 3.35. The molecule has 0 amide bonds. The normalized spacial score (nSPS) is 11.2. The Balaban J connectivity index is 0.00000300. The van der Waals surface area contributed by atoms with E-state index in [0.29, 0.717) is 6.54 Å². The summed E-state index contributed by atoms with van der Waals surface area (Å²) in [6, 6.07) is 14.4. The number of hydrogen-bond acceptors (Lipinski definition) is 3. The molecular weight excluding hydrogens is 477 g/mol. The van der Waals surface area contributed by atoms with E-state index < -0.39 is 0 Å². The minimum absolute atomic E-state index is 0. The van der Waals surface area contributed by atoms with Gasteiger partial charge in [0.05, 0.1) is 18.5 Å². The topological polar surface area (TPSA) is 67.4 Å². The molecule has 2 aromatic heterocycles. The van der Waals surface area contributed by atoms with Crippen LogP contribution in [0.2, 0.25) is 0 Å². The molecule has 156 valence electrons. The van der Waals surface area contributed by atoms with Gasteiger partial charge < -0.3 is 15.1 Å². The van der Waals surface area contributed by atoms with E-state index in [1.54, 1.807) is 6.26 Å². The van der Waals surface area contributed by atoms with E-state index >= 15 is 0 Å². The number of nitrogens with zero attached hydrogens (tertiary/aromatic N) is 3. The Kier molecular flexibility index (Phi) is 9.76. The van der Waals surface area contributed by atoms with Crippen LogP contribution in [0.4, 0.5) is 0 Å². The molecule has 2 N–H and O–H groups in total. The number of aryl methyl sites for hydroxylation is 2. The van der Waals surface area contributed by atoms with Gasteiger partial charge in [-0.25, -0.2) is 4.99 Å². The number of furan rings is 1. The van der Waals surface area contributed by atoms with Gasteiger partial charge in [-0.2, -0.15) is 5.10 Å². The second-order valence-corrected chi connectivity index (χ2v) is 6.71. The summed E-state index contributed by atoms with van der Waals surface area (Å²) in [5.41, 5.74) is 3.58. The van der Waals surface area contributed by atoms with Crippen LogP contribution >= 0.6 is 24.0 Å². The number of aliphatic imine (C=N–C) groups is 1.